The van der Waals surface area contributed by atoms with Gasteiger partial charge in [0, 0.05) is 15.5 Å². The van der Waals surface area contributed by atoms with E-state index in [2.05, 4.69) is 30.4 Å². The molecular weight excluding hydrogens is 268 g/mol. The predicted octanol–water partition coefficient (Wildman–Crippen LogP) is 3.43. The van der Waals surface area contributed by atoms with Crippen molar-refractivity contribution in [1.29, 1.82) is 0 Å². The van der Waals surface area contributed by atoms with E-state index < -0.39 is 6.04 Å². The molecule has 2 aromatic rings. The van der Waals surface area contributed by atoms with Crippen LogP contribution in [0.2, 0.25) is 0 Å². The van der Waals surface area contributed by atoms with Crippen LogP contribution in [0.25, 0.3) is 0 Å². The average Bonchev–Trinajstić information content (AvgIpc) is 2.39. The summed E-state index contributed by atoms with van der Waals surface area (Å²) in [6.07, 6.45) is 0. The van der Waals surface area contributed by atoms with Crippen LogP contribution in [0.5, 0.6) is 0 Å². The number of benzene rings is 2. The molecule has 0 heterocycles. The quantitative estimate of drug-likeness (QED) is 0.905. The summed E-state index contributed by atoms with van der Waals surface area (Å²) in [5, 5.41) is 2.80. The highest BCUT2D eigenvalue weighted by atomic mass is 32.2. The van der Waals surface area contributed by atoms with Gasteiger partial charge in [-0.1, -0.05) is 35.5 Å². The van der Waals surface area contributed by atoms with Gasteiger partial charge in [-0.3, -0.25) is 4.79 Å². The Morgan fingerprint density at radius 1 is 1.15 bits per heavy atom. The van der Waals surface area contributed by atoms with E-state index in [1.54, 1.807) is 18.7 Å². The van der Waals surface area contributed by atoms with Gasteiger partial charge in [0.2, 0.25) is 5.91 Å². The maximum absolute atomic E-state index is 11.6. The standard InChI is InChI=1S/C16H18N2OS/c1-11-5-3-7-14(9-11)20-15-8-4-6-13(10-15)18-16(19)12(2)17/h3-10,12H,17H2,1-2H3,(H,18,19). The Balaban J connectivity index is 2.12. The van der Waals surface area contributed by atoms with Crippen molar-refractivity contribution in [3.8, 4) is 0 Å². The highest BCUT2D eigenvalue weighted by Crippen LogP contribution is 2.29. The molecule has 3 nitrogen and oxygen atoms in total. The lowest BCUT2D eigenvalue weighted by Gasteiger charge is -2.09. The van der Waals surface area contributed by atoms with Crippen LogP contribution in [0.15, 0.2) is 58.3 Å². The number of nitrogens with one attached hydrogen (secondary N) is 1. The van der Waals surface area contributed by atoms with E-state index in [-0.39, 0.29) is 5.91 Å². The van der Waals surface area contributed by atoms with Crippen LogP contribution in [-0.4, -0.2) is 11.9 Å². The predicted molar refractivity (Wildman–Crippen MR) is 84.0 cm³/mol. The maximum atomic E-state index is 11.6. The van der Waals surface area contributed by atoms with Crippen LogP contribution >= 0.6 is 11.8 Å². The lowest BCUT2D eigenvalue weighted by atomic mass is 10.2. The van der Waals surface area contributed by atoms with Crippen LogP contribution in [0.3, 0.4) is 0 Å². The molecule has 0 radical (unpaired) electrons. The van der Waals surface area contributed by atoms with E-state index in [9.17, 15) is 4.79 Å². The summed E-state index contributed by atoms with van der Waals surface area (Å²) in [6, 6.07) is 15.6. The third kappa shape index (κ3) is 4.11. The first-order chi connectivity index (χ1) is 9.54. The van der Waals surface area contributed by atoms with Crippen LogP contribution in [0, 0.1) is 6.92 Å². The first-order valence-electron chi connectivity index (χ1n) is 6.45. The molecule has 0 aliphatic rings. The van der Waals surface area contributed by atoms with E-state index >= 15 is 0 Å². The van der Waals surface area contributed by atoms with Gasteiger partial charge in [0.15, 0.2) is 0 Å². The number of anilines is 1. The smallest absolute Gasteiger partial charge is 0.240 e. The SMILES string of the molecule is Cc1cccc(Sc2cccc(NC(=O)C(C)N)c2)c1. The Morgan fingerprint density at radius 2 is 1.80 bits per heavy atom. The zero-order valence-corrected chi connectivity index (χ0v) is 12.4. The second-order valence-corrected chi connectivity index (χ2v) is 5.87. The molecule has 4 heteroatoms. The molecule has 2 rings (SSSR count). The second-order valence-electron chi connectivity index (χ2n) is 4.72. The Kier molecular flexibility index (Phi) is 4.82. The lowest BCUT2D eigenvalue weighted by Crippen LogP contribution is -2.32. The van der Waals surface area contributed by atoms with Gasteiger partial charge < -0.3 is 11.1 Å². The summed E-state index contributed by atoms with van der Waals surface area (Å²) in [4.78, 5) is 13.8. The van der Waals surface area contributed by atoms with Gasteiger partial charge in [-0.15, -0.1) is 0 Å². The minimum atomic E-state index is -0.511. The largest absolute Gasteiger partial charge is 0.325 e. The minimum Gasteiger partial charge on any atom is -0.325 e. The first kappa shape index (κ1) is 14.6. The molecule has 0 spiro atoms. The van der Waals surface area contributed by atoms with Gasteiger partial charge >= 0.3 is 0 Å². The number of carbonyl (C=O) groups excluding carboxylic acids is 1. The third-order valence-electron chi connectivity index (χ3n) is 2.74. The number of nitrogens with two attached hydrogens (primary N) is 1. The summed E-state index contributed by atoms with van der Waals surface area (Å²) in [6.45, 7) is 3.74. The molecule has 0 aliphatic carbocycles. The fourth-order valence-electron chi connectivity index (χ4n) is 1.71. The van der Waals surface area contributed by atoms with Crippen molar-refractivity contribution in [2.24, 2.45) is 5.73 Å². The van der Waals surface area contributed by atoms with E-state index in [0.29, 0.717) is 0 Å². The number of hydrogen-bond acceptors (Lipinski definition) is 3. The maximum Gasteiger partial charge on any atom is 0.240 e. The van der Waals surface area contributed by atoms with Crippen molar-refractivity contribution < 1.29 is 4.79 Å². The molecule has 104 valence electrons. The van der Waals surface area contributed by atoms with Crippen LogP contribution in [0.1, 0.15) is 12.5 Å². The van der Waals surface area contributed by atoms with Crippen molar-refractivity contribution in [2.45, 2.75) is 29.7 Å². The zero-order chi connectivity index (χ0) is 14.5. The molecule has 3 N–H and O–H groups in total. The third-order valence-corrected chi connectivity index (χ3v) is 3.72. The van der Waals surface area contributed by atoms with Gasteiger partial charge in [-0.2, -0.15) is 0 Å². The van der Waals surface area contributed by atoms with E-state index in [0.717, 1.165) is 10.6 Å². The number of rotatable bonds is 4. The normalized spacial score (nSPS) is 11.9. The monoisotopic (exact) mass is 286 g/mol. The van der Waals surface area contributed by atoms with Crippen molar-refractivity contribution in [3.63, 3.8) is 0 Å². The van der Waals surface area contributed by atoms with Crippen LogP contribution < -0.4 is 11.1 Å². The molecule has 1 atom stereocenters. The molecule has 0 aromatic heterocycles. The summed E-state index contributed by atoms with van der Waals surface area (Å²) in [7, 11) is 0. The topological polar surface area (TPSA) is 55.1 Å². The van der Waals surface area contributed by atoms with E-state index in [1.807, 2.05) is 30.3 Å². The van der Waals surface area contributed by atoms with Crippen molar-refractivity contribution in [1.82, 2.24) is 0 Å². The molecule has 0 saturated carbocycles. The van der Waals surface area contributed by atoms with Crippen molar-refractivity contribution in [2.75, 3.05) is 5.32 Å². The Morgan fingerprint density at radius 3 is 2.45 bits per heavy atom. The molecule has 0 fully saturated rings. The number of carbonyl (C=O) groups is 1. The van der Waals surface area contributed by atoms with Crippen LogP contribution in [-0.2, 0) is 4.79 Å². The number of amides is 1. The molecule has 2 aromatic carbocycles. The van der Waals surface area contributed by atoms with Crippen LogP contribution in [0.4, 0.5) is 5.69 Å². The molecule has 0 aliphatic heterocycles. The number of hydrogen-bond donors (Lipinski definition) is 2. The molecule has 0 saturated heterocycles. The van der Waals surface area contributed by atoms with E-state index in [4.69, 9.17) is 5.73 Å². The molecule has 0 bridgehead atoms. The highest BCUT2D eigenvalue weighted by Gasteiger charge is 2.07. The van der Waals surface area contributed by atoms with Gasteiger partial charge in [0.1, 0.15) is 0 Å². The Hall–Kier alpha value is -1.78. The zero-order valence-electron chi connectivity index (χ0n) is 11.6. The molecule has 1 unspecified atom stereocenters. The highest BCUT2D eigenvalue weighted by molar-refractivity contribution is 7.99. The molecule has 1 amide bonds. The van der Waals surface area contributed by atoms with E-state index in [1.165, 1.54) is 10.5 Å². The van der Waals surface area contributed by atoms with Gasteiger partial charge in [0.05, 0.1) is 6.04 Å². The Bertz CT molecular complexity index is 611. The van der Waals surface area contributed by atoms with Gasteiger partial charge in [-0.05, 0) is 44.2 Å². The second kappa shape index (κ2) is 6.59. The van der Waals surface area contributed by atoms with Gasteiger partial charge in [0.25, 0.3) is 0 Å². The molecule has 20 heavy (non-hydrogen) atoms. The summed E-state index contributed by atoms with van der Waals surface area (Å²) < 4.78 is 0. The first-order valence-corrected chi connectivity index (χ1v) is 7.27. The lowest BCUT2D eigenvalue weighted by molar-refractivity contribution is -0.117. The minimum absolute atomic E-state index is 0.178. The Labute approximate surface area is 123 Å². The van der Waals surface area contributed by atoms with Gasteiger partial charge in [-0.25, -0.2) is 0 Å². The van der Waals surface area contributed by atoms with Crippen molar-refractivity contribution >= 4 is 23.4 Å². The summed E-state index contributed by atoms with van der Waals surface area (Å²) >= 11 is 1.67. The van der Waals surface area contributed by atoms with Crippen molar-refractivity contribution in [3.05, 3.63) is 54.1 Å². The molecular formula is C16H18N2OS. The summed E-state index contributed by atoms with van der Waals surface area (Å²) in [5.74, 6) is -0.178. The fourth-order valence-corrected chi connectivity index (χ4v) is 2.70. The average molecular weight is 286 g/mol. The fraction of sp³-hybridized carbons (Fsp3) is 0.188. The summed E-state index contributed by atoms with van der Waals surface area (Å²) in [5.41, 5.74) is 7.55. The number of aryl methyl sites for hydroxylation is 1.